The van der Waals surface area contributed by atoms with E-state index in [2.05, 4.69) is 10.3 Å². The number of pyridine rings is 1. The molecule has 0 unspecified atom stereocenters. The number of amides is 1. The first kappa shape index (κ1) is 16.6. The second kappa shape index (κ2) is 7.57. The van der Waals surface area contributed by atoms with Gasteiger partial charge in [-0.3, -0.25) is 4.79 Å². The Morgan fingerprint density at radius 2 is 1.96 bits per heavy atom. The summed E-state index contributed by atoms with van der Waals surface area (Å²) in [5.41, 5.74) is 1.67. The molecule has 0 atom stereocenters. The number of ether oxygens (including phenoxy) is 1. The Hall–Kier alpha value is -3.22. The zero-order valence-corrected chi connectivity index (χ0v) is 13.3. The fourth-order valence-corrected chi connectivity index (χ4v) is 2.29. The highest BCUT2D eigenvalue weighted by Gasteiger charge is 2.13. The number of carbonyl (C=O) groups is 2. The quantitative estimate of drug-likeness (QED) is 0.696. The Morgan fingerprint density at radius 1 is 1.16 bits per heavy atom. The number of nitrogens with one attached hydrogen (secondary N) is 1. The Labute approximate surface area is 143 Å². The van der Waals surface area contributed by atoms with Gasteiger partial charge in [-0.05, 0) is 36.2 Å². The number of imidazole rings is 1. The predicted molar refractivity (Wildman–Crippen MR) is 88.6 cm³/mol. The molecule has 2 heterocycles. The van der Waals surface area contributed by atoms with E-state index in [1.165, 1.54) is 12.1 Å². The van der Waals surface area contributed by atoms with Gasteiger partial charge in [0.2, 0.25) is 0 Å². The maximum Gasteiger partial charge on any atom is 0.359 e. The summed E-state index contributed by atoms with van der Waals surface area (Å²) in [5.74, 6) is -1.36. The van der Waals surface area contributed by atoms with Crippen molar-refractivity contribution in [2.45, 2.75) is 6.42 Å². The number of rotatable bonds is 6. The lowest BCUT2D eigenvalue weighted by atomic mass is 10.1. The topological polar surface area (TPSA) is 72.7 Å². The minimum atomic E-state index is -0.655. The standard InChI is InChI=1S/C18H16FN3O3/c19-14-6-4-13(5-7-14)8-9-20-17(23)12-25-18(24)15-11-22-10-2-1-3-16(22)21-15/h1-7,10-11H,8-9,12H2,(H,20,23). The molecule has 0 aliphatic carbocycles. The van der Waals surface area contributed by atoms with Crippen molar-refractivity contribution in [3.63, 3.8) is 0 Å². The predicted octanol–water partition coefficient (Wildman–Crippen LogP) is 1.99. The van der Waals surface area contributed by atoms with Crippen LogP contribution in [0, 0.1) is 5.82 Å². The van der Waals surface area contributed by atoms with Crippen LogP contribution in [0.5, 0.6) is 0 Å². The van der Waals surface area contributed by atoms with E-state index in [0.29, 0.717) is 18.6 Å². The normalized spacial score (nSPS) is 10.6. The van der Waals surface area contributed by atoms with Gasteiger partial charge in [0.25, 0.3) is 5.91 Å². The van der Waals surface area contributed by atoms with Gasteiger partial charge >= 0.3 is 5.97 Å². The molecule has 0 aliphatic rings. The van der Waals surface area contributed by atoms with Crippen LogP contribution in [0.4, 0.5) is 4.39 Å². The molecule has 1 N–H and O–H groups in total. The summed E-state index contributed by atoms with van der Waals surface area (Å²) < 4.78 is 19.5. The summed E-state index contributed by atoms with van der Waals surface area (Å²) in [6.45, 7) is -0.00744. The third kappa shape index (κ3) is 4.41. The summed E-state index contributed by atoms with van der Waals surface area (Å²) in [4.78, 5) is 27.8. The first-order valence-electron chi connectivity index (χ1n) is 7.74. The molecule has 0 aliphatic heterocycles. The zero-order chi connectivity index (χ0) is 17.6. The van der Waals surface area contributed by atoms with Crippen molar-refractivity contribution < 1.29 is 18.7 Å². The molecule has 0 fully saturated rings. The van der Waals surface area contributed by atoms with Crippen LogP contribution < -0.4 is 5.32 Å². The van der Waals surface area contributed by atoms with Crippen molar-refractivity contribution in [3.8, 4) is 0 Å². The smallest absolute Gasteiger partial charge is 0.359 e. The van der Waals surface area contributed by atoms with E-state index in [1.807, 2.05) is 12.1 Å². The van der Waals surface area contributed by atoms with Gasteiger partial charge in [-0.15, -0.1) is 0 Å². The number of esters is 1. The van der Waals surface area contributed by atoms with E-state index in [4.69, 9.17) is 4.74 Å². The molecule has 0 spiro atoms. The minimum absolute atomic E-state index is 0.144. The molecule has 0 bridgehead atoms. The maximum absolute atomic E-state index is 12.8. The van der Waals surface area contributed by atoms with Crippen molar-refractivity contribution >= 4 is 17.5 Å². The first-order valence-corrected chi connectivity index (χ1v) is 7.74. The van der Waals surface area contributed by atoms with Gasteiger partial charge in [-0.2, -0.15) is 0 Å². The lowest BCUT2D eigenvalue weighted by Crippen LogP contribution is -2.30. The average molecular weight is 341 g/mol. The van der Waals surface area contributed by atoms with E-state index in [0.717, 1.165) is 5.56 Å². The Bertz CT molecular complexity index is 857. The minimum Gasteiger partial charge on any atom is -0.451 e. The number of carbonyl (C=O) groups excluding carboxylic acids is 2. The SMILES string of the molecule is O=C(COC(=O)c1cn2ccccc2n1)NCCc1ccc(F)cc1. The van der Waals surface area contributed by atoms with Crippen molar-refractivity contribution in [1.29, 1.82) is 0 Å². The molecule has 0 saturated heterocycles. The molecule has 128 valence electrons. The highest BCUT2D eigenvalue weighted by atomic mass is 19.1. The molecule has 25 heavy (non-hydrogen) atoms. The summed E-state index contributed by atoms with van der Waals surface area (Å²) in [7, 11) is 0. The number of hydrogen-bond donors (Lipinski definition) is 1. The summed E-state index contributed by atoms with van der Waals surface area (Å²) in [5, 5.41) is 2.64. The van der Waals surface area contributed by atoms with Gasteiger partial charge < -0.3 is 14.5 Å². The van der Waals surface area contributed by atoms with Crippen molar-refractivity contribution in [2.75, 3.05) is 13.2 Å². The highest BCUT2D eigenvalue weighted by molar-refractivity contribution is 5.90. The third-order valence-electron chi connectivity index (χ3n) is 3.56. The first-order chi connectivity index (χ1) is 12.1. The van der Waals surface area contributed by atoms with Gasteiger partial charge in [-0.1, -0.05) is 18.2 Å². The maximum atomic E-state index is 12.8. The Balaban J connectivity index is 1.43. The number of hydrogen-bond acceptors (Lipinski definition) is 4. The van der Waals surface area contributed by atoms with Crippen molar-refractivity contribution in [3.05, 3.63) is 71.9 Å². The van der Waals surface area contributed by atoms with Crippen LogP contribution in [-0.2, 0) is 16.0 Å². The second-order valence-corrected chi connectivity index (χ2v) is 5.39. The van der Waals surface area contributed by atoms with Crippen LogP contribution in [0.25, 0.3) is 5.65 Å². The van der Waals surface area contributed by atoms with E-state index in [9.17, 15) is 14.0 Å². The summed E-state index contributed by atoms with van der Waals surface area (Å²) in [6, 6.07) is 11.4. The van der Waals surface area contributed by atoms with Gasteiger partial charge in [0.15, 0.2) is 12.3 Å². The number of fused-ring (bicyclic) bond motifs is 1. The van der Waals surface area contributed by atoms with Crippen molar-refractivity contribution in [1.82, 2.24) is 14.7 Å². The van der Waals surface area contributed by atoms with Crippen LogP contribution in [0.1, 0.15) is 16.1 Å². The molecule has 2 aromatic heterocycles. The van der Waals surface area contributed by atoms with E-state index < -0.39 is 11.9 Å². The van der Waals surface area contributed by atoms with Gasteiger partial charge in [0.05, 0.1) is 0 Å². The van der Waals surface area contributed by atoms with Crippen LogP contribution >= 0.6 is 0 Å². The molecule has 1 amide bonds. The van der Waals surface area contributed by atoms with Crippen LogP contribution in [0.15, 0.2) is 54.9 Å². The Kier molecular flexibility index (Phi) is 5.03. The zero-order valence-electron chi connectivity index (χ0n) is 13.3. The average Bonchev–Trinajstić information content (AvgIpc) is 3.05. The van der Waals surface area contributed by atoms with Gasteiger partial charge in [0, 0.05) is 18.9 Å². The lowest BCUT2D eigenvalue weighted by molar-refractivity contribution is -0.124. The molecule has 0 saturated carbocycles. The summed E-state index contributed by atoms with van der Waals surface area (Å²) >= 11 is 0. The molecule has 1 aromatic carbocycles. The molecule has 3 rings (SSSR count). The van der Waals surface area contributed by atoms with Crippen LogP contribution in [0.2, 0.25) is 0 Å². The van der Waals surface area contributed by atoms with Crippen molar-refractivity contribution in [2.24, 2.45) is 0 Å². The highest BCUT2D eigenvalue weighted by Crippen LogP contribution is 2.06. The molecular formula is C18H16FN3O3. The van der Waals surface area contributed by atoms with Gasteiger partial charge in [-0.25, -0.2) is 14.2 Å². The largest absolute Gasteiger partial charge is 0.451 e. The number of benzene rings is 1. The molecule has 3 aromatic rings. The monoisotopic (exact) mass is 341 g/mol. The molecule has 6 nitrogen and oxygen atoms in total. The fraction of sp³-hybridized carbons (Fsp3) is 0.167. The van der Waals surface area contributed by atoms with Crippen LogP contribution in [0.3, 0.4) is 0 Å². The molecule has 0 radical (unpaired) electrons. The third-order valence-corrected chi connectivity index (χ3v) is 3.56. The van der Waals surface area contributed by atoms with E-state index in [-0.39, 0.29) is 18.1 Å². The van der Waals surface area contributed by atoms with Gasteiger partial charge in [0.1, 0.15) is 11.5 Å². The molecular weight excluding hydrogens is 325 g/mol. The second-order valence-electron chi connectivity index (χ2n) is 5.39. The summed E-state index contributed by atoms with van der Waals surface area (Å²) in [6.07, 6.45) is 3.87. The van der Waals surface area contributed by atoms with E-state index in [1.54, 1.807) is 35.0 Å². The number of aromatic nitrogens is 2. The lowest BCUT2D eigenvalue weighted by Gasteiger charge is -2.06. The Morgan fingerprint density at radius 3 is 2.72 bits per heavy atom. The molecule has 7 heteroatoms. The van der Waals surface area contributed by atoms with Crippen LogP contribution in [-0.4, -0.2) is 34.4 Å². The number of nitrogens with zero attached hydrogens (tertiary/aromatic N) is 2. The van der Waals surface area contributed by atoms with E-state index >= 15 is 0 Å². The fourth-order valence-electron chi connectivity index (χ4n) is 2.29. The number of halogens is 1.